The molecule has 2 aromatic carbocycles. The van der Waals surface area contributed by atoms with Crippen molar-refractivity contribution in [2.24, 2.45) is 11.8 Å². The molecule has 1 heterocycles. The van der Waals surface area contributed by atoms with Gasteiger partial charge in [-0.15, -0.1) is 0 Å². The Morgan fingerprint density at radius 3 is 1.53 bits per heavy atom. The first kappa shape index (κ1) is 12.4. The molecule has 0 spiro atoms. The second-order valence-electron chi connectivity index (χ2n) is 5.56. The van der Waals surface area contributed by atoms with Crippen molar-refractivity contribution in [1.82, 2.24) is 5.32 Å². The van der Waals surface area contributed by atoms with Crippen LogP contribution < -0.4 is 5.32 Å². The van der Waals surface area contributed by atoms with Crippen LogP contribution in [0.15, 0.2) is 60.7 Å². The zero-order chi connectivity index (χ0) is 12.9. The molecule has 1 aliphatic heterocycles. The van der Waals surface area contributed by atoms with E-state index in [1.807, 2.05) is 0 Å². The fraction of sp³-hybridized carbons (Fsp3) is 0.333. The van der Waals surface area contributed by atoms with Crippen LogP contribution in [0.5, 0.6) is 0 Å². The summed E-state index contributed by atoms with van der Waals surface area (Å²) in [6, 6.07) is 21.8. The van der Waals surface area contributed by atoms with Gasteiger partial charge in [0.25, 0.3) is 0 Å². The van der Waals surface area contributed by atoms with E-state index in [0.717, 1.165) is 24.9 Å². The molecule has 3 rings (SSSR count). The Bertz CT molecular complexity index is 444. The zero-order valence-corrected chi connectivity index (χ0v) is 11.3. The van der Waals surface area contributed by atoms with Gasteiger partial charge in [-0.1, -0.05) is 60.7 Å². The van der Waals surface area contributed by atoms with Gasteiger partial charge in [-0.3, -0.25) is 0 Å². The second-order valence-corrected chi connectivity index (χ2v) is 5.56. The first-order chi connectivity index (χ1) is 9.42. The van der Waals surface area contributed by atoms with Gasteiger partial charge in [-0.05, 0) is 48.9 Å². The molecule has 0 radical (unpaired) electrons. The Morgan fingerprint density at radius 2 is 1.11 bits per heavy atom. The minimum absolute atomic E-state index is 0.766. The van der Waals surface area contributed by atoms with Crippen molar-refractivity contribution in [1.29, 1.82) is 0 Å². The van der Waals surface area contributed by atoms with E-state index in [4.69, 9.17) is 0 Å². The standard InChI is InChI=1S/C18H21N/c1-3-7-15(8-4-1)11-17-13-19-14-18(17)12-16-9-5-2-6-10-16/h1-10,17-19H,11-14H2. The smallest absolute Gasteiger partial charge is 0.00140 e. The summed E-state index contributed by atoms with van der Waals surface area (Å²) in [5.74, 6) is 1.53. The van der Waals surface area contributed by atoms with Gasteiger partial charge in [0.1, 0.15) is 0 Å². The van der Waals surface area contributed by atoms with E-state index >= 15 is 0 Å². The molecule has 0 aromatic heterocycles. The van der Waals surface area contributed by atoms with Gasteiger partial charge in [0, 0.05) is 0 Å². The van der Waals surface area contributed by atoms with Crippen LogP contribution in [0.3, 0.4) is 0 Å². The Balaban J connectivity index is 1.65. The normalized spacial score (nSPS) is 22.5. The summed E-state index contributed by atoms with van der Waals surface area (Å²) in [5, 5.41) is 3.56. The molecule has 2 aromatic rings. The summed E-state index contributed by atoms with van der Waals surface area (Å²) in [7, 11) is 0. The number of hydrogen-bond donors (Lipinski definition) is 1. The van der Waals surface area contributed by atoms with Crippen LogP contribution in [-0.2, 0) is 12.8 Å². The highest BCUT2D eigenvalue weighted by Gasteiger charge is 2.26. The van der Waals surface area contributed by atoms with Crippen molar-refractivity contribution in [3.05, 3.63) is 71.8 Å². The van der Waals surface area contributed by atoms with Crippen molar-refractivity contribution in [2.45, 2.75) is 12.8 Å². The summed E-state index contributed by atoms with van der Waals surface area (Å²) in [6.07, 6.45) is 2.40. The third-order valence-electron chi connectivity index (χ3n) is 4.16. The Morgan fingerprint density at radius 1 is 0.684 bits per heavy atom. The topological polar surface area (TPSA) is 12.0 Å². The molecule has 1 N–H and O–H groups in total. The van der Waals surface area contributed by atoms with E-state index in [0.29, 0.717) is 0 Å². The van der Waals surface area contributed by atoms with Gasteiger partial charge in [-0.25, -0.2) is 0 Å². The van der Waals surface area contributed by atoms with Crippen molar-refractivity contribution < 1.29 is 0 Å². The summed E-state index contributed by atoms with van der Waals surface area (Å²) < 4.78 is 0. The molecule has 98 valence electrons. The quantitative estimate of drug-likeness (QED) is 0.879. The SMILES string of the molecule is c1ccc(CC2CNCC2Cc2ccccc2)cc1. The van der Waals surface area contributed by atoms with E-state index in [1.165, 1.54) is 24.0 Å². The lowest BCUT2D eigenvalue weighted by Gasteiger charge is -2.18. The molecule has 0 bridgehead atoms. The van der Waals surface area contributed by atoms with Gasteiger partial charge in [0.2, 0.25) is 0 Å². The highest BCUT2D eigenvalue weighted by atomic mass is 14.9. The summed E-state index contributed by atoms with van der Waals surface area (Å²) >= 11 is 0. The number of nitrogens with one attached hydrogen (secondary N) is 1. The van der Waals surface area contributed by atoms with E-state index in [2.05, 4.69) is 66.0 Å². The van der Waals surface area contributed by atoms with Crippen LogP contribution >= 0.6 is 0 Å². The highest BCUT2D eigenvalue weighted by molar-refractivity contribution is 5.18. The molecule has 2 atom stereocenters. The van der Waals surface area contributed by atoms with Crippen LogP contribution in [0.25, 0.3) is 0 Å². The molecule has 0 saturated carbocycles. The summed E-state index contributed by atoms with van der Waals surface area (Å²) in [6.45, 7) is 2.32. The van der Waals surface area contributed by atoms with Crippen molar-refractivity contribution in [2.75, 3.05) is 13.1 Å². The molecular weight excluding hydrogens is 230 g/mol. The first-order valence-electron chi connectivity index (χ1n) is 7.20. The van der Waals surface area contributed by atoms with Gasteiger partial charge < -0.3 is 5.32 Å². The summed E-state index contributed by atoms with van der Waals surface area (Å²) in [4.78, 5) is 0. The minimum Gasteiger partial charge on any atom is -0.316 e. The predicted octanol–water partition coefficient (Wildman–Crippen LogP) is 3.31. The van der Waals surface area contributed by atoms with E-state index in [9.17, 15) is 0 Å². The average molecular weight is 251 g/mol. The monoisotopic (exact) mass is 251 g/mol. The molecule has 1 nitrogen and oxygen atoms in total. The van der Waals surface area contributed by atoms with Gasteiger partial charge >= 0.3 is 0 Å². The summed E-state index contributed by atoms with van der Waals surface area (Å²) in [5.41, 5.74) is 2.93. The fourth-order valence-corrected chi connectivity index (χ4v) is 3.10. The molecular formula is C18H21N. The van der Waals surface area contributed by atoms with Gasteiger partial charge in [0.15, 0.2) is 0 Å². The molecule has 1 aliphatic rings. The lowest BCUT2D eigenvalue weighted by molar-refractivity contribution is 0.415. The average Bonchev–Trinajstić information content (AvgIpc) is 2.88. The molecule has 0 aliphatic carbocycles. The van der Waals surface area contributed by atoms with Crippen molar-refractivity contribution in [3.8, 4) is 0 Å². The van der Waals surface area contributed by atoms with E-state index in [1.54, 1.807) is 0 Å². The molecule has 1 saturated heterocycles. The number of hydrogen-bond acceptors (Lipinski definition) is 1. The van der Waals surface area contributed by atoms with Gasteiger partial charge in [0.05, 0.1) is 0 Å². The molecule has 1 fully saturated rings. The molecule has 1 heteroatoms. The number of benzene rings is 2. The third kappa shape index (κ3) is 3.24. The van der Waals surface area contributed by atoms with Crippen LogP contribution in [-0.4, -0.2) is 13.1 Å². The van der Waals surface area contributed by atoms with Crippen LogP contribution in [0.2, 0.25) is 0 Å². The number of rotatable bonds is 4. The Hall–Kier alpha value is -1.60. The zero-order valence-electron chi connectivity index (χ0n) is 11.3. The van der Waals surface area contributed by atoms with E-state index < -0.39 is 0 Å². The third-order valence-corrected chi connectivity index (χ3v) is 4.16. The van der Waals surface area contributed by atoms with Crippen molar-refractivity contribution in [3.63, 3.8) is 0 Å². The van der Waals surface area contributed by atoms with Crippen LogP contribution in [0.4, 0.5) is 0 Å². The largest absolute Gasteiger partial charge is 0.316 e. The van der Waals surface area contributed by atoms with Crippen LogP contribution in [0.1, 0.15) is 11.1 Å². The van der Waals surface area contributed by atoms with Crippen molar-refractivity contribution >= 4 is 0 Å². The molecule has 19 heavy (non-hydrogen) atoms. The first-order valence-corrected chi connectivity index (χ1v) is 7.20. The maximum atomic E-state index is 3.56. The lowest BCUT2D eigenvalue weighted by atomic mass is 9.85. The highest BCUT2D eigenvalue weighted by Crippen LogP contribution is 2.24. The maximum Gasteiger partial charge on any atom is -0.00140 e. The predicted molar refractivity (Wildman–Crippen MR) is 80.1 cm³/mol. The second kappa shape index (κ2) is 6.03. The molecule has 0 amide bonds. The molecule has 2 unspecified atom stereocenters. The lowest BCUT2D eigenvalue weighted by Crippen LogP contribution is -2.17. The maximum absolute atomic E-state index is 3.56. The minimum atomic E-state index is 0.766. The fourth-order valence-electron chi connectivity index (χ4n) is 3.10. The Kier molecular flexibility index (Phi) is 3.95. The Labute approximate surface area is 115 Å². The van der Waals surface area contributed by atoms with Crippen LogP contribution in [0, 0.1) is 11.8 Å². The van der Waals surface area contributed by atoms with Gasteiger partial charge in [-0.2, -0.15) is 0 Å². The van der Waals surface area contributed by atoms with E-state index in [-0.39, 0.29) is 0 Å².